The van der Waals surface area contributed by atoms with Gasteiger partial charge in [0.15, 0.2) is 0 Å². The van der Waals surface area contributed by atoms with Crippen molar-refractivity contribution in [2.75, 3.05) is 0 Å². The number of aliphatic hydroxyl groups is 1. The van der Waals surface area contributed by atoms with E-state index in [4.69, 9.17) is 5.73 Å². The van der Waals surface area contributed by atoms with E-state index in [1.165, 1.54) is 0 Å². The van der Waals surface area contributed by atoms with Gasteiger partial charge in [-0.1, -0.05) is 38.1 Å². The fourth-order valence-electron chi connectivity index (χ4n) is 2.60. The second-order valence-corrected chi connectivity index (χ2v) is 5.28. The van der Waals surface area contributed by atoms with Crippen LogP contribution in [0.5, 0.6) is 0 Å². The Kier molecular flexibility index (Phi) is 3.92. The predicted molar refractivity (Wildman–Crippen MR) is 74.5 cm³/mol. The molecule has 104 valence electrons. The van der Waals surface area contributed by atoms with Crippen LogP contribution in [0.25, 0.3) is 0 Å². The molecule has 4 nitrogen and oxygen atoms in total. The Labute approximate surface area is 114 Å². The number of amides is 1. The average molecular weight is 262 g/mol. The molecule has 2 atom stereocenters. The van der Waals surface area contributed by atoms with Gasteiger partial charge in [-0.3, -0.25) is 4.79 Å². The van der Waals surface area contributed by atoms with Gasteiger partial charge in [0.25, 0.3) is 0 Å². The molecule has 1 aromatic carbocycles. The molecule has 1 aliphatic carbocycles. The van der Waals surface area contributed by atoms with Gasteiger partial charge >= 0.3 is 0 Å². The van der Waals surface area contributed by atoms with Crippen molar-refractivity contribution in [1.29, 1.82) is 0 Å². The molecular weight excluding hydrogens is 240 g/mol. The van der Waals surface area contributed by atoms with E-state index in [0.717, 1.165) is 11.1 Å². The Hall–Kier alpha value is -1.39. The van der Waals surface area contributed by atoms with Crippen LogP contribution in [0.15, 0.2) is 24.3 Å². The maximum Gasteiger partial charge on any atom is 0.240 e. The summed E-state index contributed by atoms with van der Waals surface area (Å²) in [6, 6.07) is 7.46. The molecule has 0 aliphatic heterocycles. The maximum absolute atomic E-state index is 12.3. The van der Waals surface area contributed by atoms with Crippen molar-refractivity contribution in [3.63, 3.8) is 0 Å². The highest BCUT2D eigenvalue weighted by molar-refractivity contribution is 5.86. The molecule has 0 bridgehead atoms. The summed E-state index contributed by atoms with van der Waals surface area (Å²) in [6.07, 6.45) is 1.18. The van der Waals surface area contributed by atoms with E-state index < -0.39 is 11.6 Å². The van der Waals surface area contributed by atoms with Gasteiger partial charge in [0.2, 0.25) is 5.91 Å². The van der Waals surface area contributed by atoms with Gasteiger partial charge in [-0.05, 0) is 24.0 Å². The lowest BCUT2D eigenvalue weighted by Gasteiger charge is -2.28. The van der Waals surface area contributed by atoms with Crippen LogP contribution in [0.3, 0.4) is 0 Å². The van der Waals surface area contributed by atoms with Gasteiger partial charge in [-0.15, -0.1) is 0 Å². The monoisotopic (exact) mass is 262 g/mol. The minimum Gasteiger partial charge on any atom is -0.390 e. The van der Waals surface area contributed by atoms with Crippen LogP contribution < -0.4 is 11.1 Å². The lowest BCUT2D eigenvalue weighted by Crippen LogP contribution is -2.54. The molecule has 0 saturated heterocycles. The Morgan fingerprint density at radius 1 is 1.42 bits per heavy atom. The largest absolute Gasteiger partial charge is 0.390 e. The number of benzene rings is 1. The molecule has 0 heterocycles. The summed E-state index contributed by atoms with van der Waals surface area (Å²) in [6.45, 7) is 3.81. The normalized spacial score (nSPS) is 22.1. The molecule has 2 rings (SSSR count). The zero-order valence-corrected chi connectivity index (χ0v) is 11.5. The van der Waals surface area contributed by atoms with Crippen molar-refractivity contribution >= 4 is 5.91 Å². The molecule has 1 amide bonds. The van der Waals surface area contributed by atoms with Crippen molar-refractivity contribution < 1.29 is 9.90 Å². The minimum atomic E-state index is -0.850. The SMILES string of the molecule is CCC(N)(CC)C(=O)N[C@@H]1c2ccccc2C[C@@H]1O. The summed E-state index contributed by atoms with van der Waals surface area (Å²) in [5.74, 6) is -0.182. The van der Waals surface area contributed by atoms with E-state index in [9.17, 15) is 9.90 Å². The summed E-state index contributed by atoms with van der Waals surface area (Å²) in [5.41, 5.74) is 7.33. The molecule has 1 aromatic rings. The van der Waals surface area contributed by atoms with E-state index in [2.05, 4.69) is 5.32 Å². The number of carbonyl (C=O) groups is 1. The van der Waals surface area contributed by atoms with Crippen LogP contribution >= 0.6 is 0 Å². The number of hydrogen-bond acceptors (Lipinski definition) is 3. The summed E-state index contributed by atoms with van der Waals surface area (Å²) in [4.78, 5) is 12.3. The molecule has 0 spiro atoms. The quantitative estimate of drug-likeness (QED) is 0.765. The number of fused-ring (bicyclic) bond motifs is 1. The van der Waals surface area contributed by atoms with Crippen LogP contribution in [0, 0.1) is 0 Å². The van der Waals surface area contributed by atoms with Gasteiger partial charge in [0.05, 0.1) is 17.7 Å². The van der Waals surface area contributed by atoms with Crippen LogP contribution in [0.2, 0.25) is 0 Å². The topological polar surface area (TPSA) is 75.4 Å². The van der Waals surface area contributed by atoms with Gasteiger partial charge in [-0.2, -0.15) is 0 Å². The molecule has 1 aliphatic rings. The fourth-order valence-corrected chi connectivity index (χ4v) is 2.60. The van der Waals surface area contributed by atoms with Crippen molar-refractivity contribution in [1.82, 2.24) is 5.32 Å². The number of carbonyl (C=O) groups excluding carboxylic acids is 1. The van der Waals surface area contributed by atoms with Crippen molar-refractivity contribution in [3.05, 3.63) is 35.4 Å². The molecule has 0 saturated carbocycles. The summed E-state index contributed by atoms with van der Waals surface area (Å²) in [7, 11) is 0. The number of rotatable bonds is 4. The van der Waals surface area contributed by atoms with Crippen LogP contribution in [0.4, 0.5) is 0 Å². The zero-order valence-electron chi connectivity index (χ0n) is 11.5. The maximum atomic E-state index is 12.3. The Morgan fingerprint density at radius 3 is 2.68 bits per heavy atom. The fraction of sp³-hybridized carbons (Fsp3) is 0.533. The smallest absolute Gasteiger partial charge is 0.240 e. The molecule has 0 fully saturated rings. The lowest BCUT2D eigenvalue weighted by atomic mass is 9.92. The number of nitrogens with two attached hydrogens (primary N) is 1. The van der Waals surface area contributed by atoms with Gasteiger partial charge in [0, 0.05) is 6.42 Å². The van der Waals surface area contributed by atoms with Crippen LogP contribution in [-0.2, 0) is 11.2 Å². The van der Waals surface area contributed by atoms with E-state index in [1.54, 1.807) is 0 Å². The lowest BCUT2D eigenvalue weighted by molar-refractivity contribution is -0.128. The summed E-state index contributed by atoms with van der Waals surface area (Å²) < 4.78 is 0. The first-order valence-corrected chi connectivity index (χ1v) is 6.87. The molecule has 0 radical (unpaired) electrons. The Morgan fingerprint density at radius 2 is 2.05 bits per heavy atom. The Bertz CT molecular complexity index is 469. The van der Waals surface area contributed by atoms with E-state index >= 15 is 0 Å². The van der Waals surface area contributed by atoms with Crippen LogP contribution in [0.1, 0.15) is 43.9 Å². The van der Waals surface area contributed by atoms with E-state index in [0.29, 0.717) is 19.3 Å². The van der Waals surface area contributed by atoms with Crippen molar-refractivity contribution in [2.45, 2.75) is 50.8 Å². The highest BCUT2D eigenvalue weighted by atomic mass is 16.3. The summed E-state index contributed by atoms with van der Waals surface area (Å²) in [5, 5.41) is 13.0. The van der Waals surface area contributed by atoms with Gasteiger partial charge in [-0.25, -0.2) is 0 Å². The number of aliphatic hydroxyl groups excluding tert-OH is 1. The van der Waals surface area contributed by atoms with Crippen molar-refractivity contribution in [2.24, 2.45) is 5.73 Å². The first-order chi connectivity index (χ1) is 9.01. The number of nitrogens with one attached hydrogen (secondary N) is 1. The first kappa shape index (κ1) is 14.0. The second kappa shape index (κ2) is 5.31. The van der Waals surface area contributed by atoms with Gasteiger partial charge in [0.1, 0.15) is 0 Å². The average Bonchev–Trinajstić information content (AvgIpc) is 2.74. The third kappa shape index (κ3) is 2.51. The van der Waals surface area contributed by atoms with E-state index in [1.807, 2.05) is 38.1 Å². The summed E-state index contributed by atoms with van der Waals surface area (Å²) >= 11 is 0. The van der Waals surface area contributed by atoms with E-state index in [-0.39, 0.29) is 11.9 Å². The molecule has 0 aromatic heterocycles. The Balaban J connectivity index is 2.18. The van der Waals surface area contributed by atoms with Gasteiger partial charge < -0.3 is 16.2 Å². The highest BCUT2D eigenvalue weighted by Crippen LogP contribution is 2.31. The van der Waals surface area contributed by atoms with Crippen LogP contribution in [-0.4, -0.2) is 22.7 Å². The first-order valence-electron chi connectivity index (χ1n) is 6.87. The predicted octanol–water partition coefficient (Wildman–Crippen LogP) is 1.28. The highest BCUT2D eigenvalue weighted by Gasteiger charge is 2.37. The molecule has 19 heavy (non-hydrogen) atoms. The third-order valence-corrected chi connectivity index (χ3v) is 4.20. The molecule has 4 heteroatoms. The number of hydrogen-bond donors (Lipinski definition) is 3. The molecular formula is C15H22N2O2. The minimum absolute atomic E-state index is 0.182. The standard InChI is InChI=1S/C15H22N2O2/c1-3-15(16,4-2)14(19)17-13-11-8-6-5-7-10(11)9-12(13)18/h5-8,12-13,18H,3-4,9,16H2,1-2H3,(H,17,19)/t12-,13+/m0/s1. The molecule has 0 unspecified atom stereocenters. The second-order valence-electron chi connectivity index (χ2n) is 5.28. The van der Waals surface area contributed by atoms with Crippen molar-refractivity contribution in [3.8, 4) is 0 Å². The third-order valence-electron chi connectivity index (χ3n) is 4.20. The molecule has 4 N–H and O–H groups in total. The zero-order chi connectivity index (χ0) is 14.0.